The molecule has 0 fully saturated rings. The minimum Gasteiger partial charge on any atom is -0.368 e. The Balaban J connectivity index is 0.000000428. The lowest BCUT2D eigenvalue weighted by Gasteiger charge is -2.00. The summed E-state index contributed by atoms with van der Waals surface area (Å²) in [6, 6.07) is 0. The van der Waals surface area contributed by atoms with E-state index >= 15 is 0 Å². The maximum absolute atomic E-state index is 5.41. The number of nitrogens with two attached hydrogens (primary N) is 2. The van der Waals surface area contributed by atoms with E-state index in [1.807, 2.05) is 36.7 Å². The van der Waals surface area contributed by atoms with E-state index in [0.29, 0.717) is 0 Å². The Kier molecular flexibility index (Phi) is 17.0. The first kappa shape index (κ1) is 18.9. The van der Waals surface area contributed by atoms with Gasteiger partial charge in [-0.05, 0) is 38.1 Å². The maximum atomic E-state index is 5.41. The third-order valence-corrected chi connectivity index (χ3v) is 3.13. The molecule has 1 aliphatic rings. The molecule has 0 saturated carbocycles. The minimum absolute atomic E-state index is 0.858. The van der Waals surface area contributed by atoms with Crippen LogP contribution in [0.1, 0.15) is 57.8 Å². The summed E-state index contributed by atoms with van der Waals surface area (Å²) in [4.78, 5) is 0. The molecule has 1 aliphatic heterocycles. The van der Waals surface area contributed by atoms with Crippen LogP contribution in [0.3, 0.4) is 0 Å². The molecule has 0 aromatic carbocycles. The summed E-state index contributed by atoms with van der Waals surface area (Å²) in [5.74, 6) is 0. The molecule has 1 heterocycles. The molecule has 0 unspecified atom stereocenters. The number of rotatable bonds is 10. The molecule has 0 spiro atoms. The monoisotopic (exact) mass is 279 g/mol. The smallest absolute Gasteiger partial charge is 0.000442 e. The zero-order chi connectivity index (χ0) is 14.7. The molecule has 0 amide bonds. The Morgan fingerprint density at radius 3 is 1.20 bits per heavy atom. The van der Waals surface area contributed by atoms with Gasteiger partial charge in [0.15, 0.2) is 0 Å². The van der Waals surface area contributed by atoms with Crippen LogP contribution < -0.4 is 16.8 Å². The average molecular weight is 279 g/mol. The van der Waals surface area contributed by atoms with E-state index in [4.69, 9.17) is 11.5 Å². The molecule has 5 N–H and O–H groups in total. The van der Waals surface area contributed by atoms with Gasteiger partial charge >= 0.3 is 0 Å². The van der Waals surface area contributed by atoms with Crippen molar-refractivity contribution in [2.75, 3.05) is 13.1 Å². The predicted octanol–water partition coefficient (Wildman–Crippen LogP) is 3.59. The second-order valence-electron chi connectivity index (χ2n) is 5.03. The molecule has 20 heavy (non-hydrogen) atoms. The lowest BCUT2D eigenvalue weighted by Crippen LogP contribution is -1.98. The largest absolute Gasteiger partial charge is 0.368 e. The summed E-state index contributed by atoms with van der Waals surface area (Å²) in [6.07, 6.45) is 23.5. The first-order chi connectivity index (χ1) is 9.91. The topological polar surface area (TPSA) is 64.1 Å². The van der Waals surface area contributed by atoms with Crippen LogP contribution in [-0.2, 0) is 0 Å². The van der Waals surface area contributed by atoms with E-state index in [2.05, 4.69) is 5.32 Å². The van der Waals surface area contributed by atoms with E-state index in [-0.39, 0.29) is 0 Å². The van der Waals surface area contributed by atoms with Crippen molar-refractivity contribution in [2.24, 2.45) is 11.5 Å². The van der Waals surface area contributed by atoms with Crippen LogP contribution in [0.5, 0.6) is 0 Å². The summed E-state index contributed by atoms with van der Waals surface area (Å²) < 4.78 is 0. The lowest BCUT2D eigenvalue weighted by atomic mass is 10.1. The fourth-order valence-electron chi connectivity index (χ4n) is 1.93. The molecular formula is C17H33N3. The van der Waals surface area contributed by atoms with E-state index < -0.39 is 0 Å². The van der Waals surface area contributed by atoms with Gasteiger partial charge in [0.25, 0.3) is 0 Å². The van der Waals surface area contributed by atoms with Gasteiger partial charge in [0.05, 0.1) is 0 Å². The van der Waals surface area contributed by atoms with Crippen LogP contribution >= 0.6 is 0 Å². The van der Waals surface area contributed by atoms with Gasteiger partial charge in [0, 0.05) is 12.4 Å². The van der Waals surface area contributed by atoms with Crippen molar-refractivity contribution in [3.8, 4) is 0 Å². The van der Waals surface area contributed by atoms with E-state index in [0.717, 1.165) is 13.1 Å². The van der Waals surface area contributed by atoms with Crippen molar-refractivity contribution in [3.63, 3.8) is 0 Å². The quantitative estimate of drug-likeness (QED) is 0.535. The molecular weight excluding hydrogens is 246 g/mol. The minimum atomic E-state index is 0.858. The van der Waals surface area contributed by atoms with Crippen molar-refractivity contribution in [2.45, 2.75) is 57.8 Å². The predicted molar refractivity (Wildman–Crippen MR) is 90.2 cm³/mol. The van der Waals surface area contributed by atoms with Crippen molar-refractivity contribution in [1.29, 1.82) is 0 Å². The van der Waals surface area contributed by atoms with E-state index in [1.165, 1.54) is 57.8 Å². The van der Waals surface area contributed by atoms with E-state index in [1.54, 1.807) is 0 Å². The fraction of sp³-hybridized carbons (Fsp3) is 0.647. The lowest BCUT2D eigenvalue weighted by molar-refractivity contribution is 0.562. The average Bonchev–Trinajstić information content (AvgIpc) is 2.79. The summed E-state index contributed by atoms with van der Waals surface area (Å²) in [6.45, 7) is 1.72. The SMILES string of the molecule is C1=CC=CNC=C1.NCCCCCCCCCCCN. The second-order valence-corrected chi connectivity index (χ2v) is 5.03. The number of hydrogen-bond acceptors (Lipinski definition) is 3. The summed E-state index contributed by atoms with van der Waals surface area (Å²) in [7, 11) is 0. The van der Waals surface area contributed by atoms with Crippen LogP contribution in [0.4, 0.5) is 0 Å². The molecule has 1 rings (SSSR count). The van der Waals surface area contributed by atoms with Crippen molar-refractivity contribution < 1.29 is 0 Å². The number of hydrogen-bond donors (Lipinski definition) is 3. The van der Waals surface area contributed by atoms with Crippen molar-refractivity contribution in [3.05, 3.63) is 36.7 Å². The molecule has 0 aromatic heterocycles. The molecule has 3 heteroatoms. The molecule has 3 nitrogen and oxygen atoms in total. The molecule has 0 radical (unpaired) electrons. The standard InChI is InChI=1S/C11H26N2.C6H7N/c12-10-8-6-4-2-1-3-5-7-9-11-13;1-2-4-6-7-5-3-1/h1-13H2;1-7H. The van der Waals surface area contributed by atoms with E-state index in [9.17, 15) is 0 Å². The summed E-state index contributed by atoms with van der Waals surface area (Å²) >= 11 is 0. The fourth-order valence-corrected chi connectivity index (χ4v) is 1.93. The summed E-state index contributed by atoms with van der Waals surface area (Å²) in [5.41, 5.74) is 10.8. The van der Waals surface area contributed by atoms with Crippen LogP contribution in [-0.4, -0.2) is 13.1 Å². The molecule has 0 bridgehead atoms. The van der Waals surface area contributed by atoms with Gasteiger partial charge in [-0.3, -0.25) is 0 Å². The first-order valence-electron chi connectivity index (χ1n) is 8.06. The van der Waals surface area contributed by atoms with Gasteiger partial charge in [-0.2, -0.15) is 0 Å². The van der Waals surface area contributed by atoms with Crippen LogP contribution in [0.25, 0.3) is 0 Å². The van der Waals surface area contributed by atoms with Crippen molar-refractivity contribution in [1.82, 2.24) is 5.32 Å². The molecule has 0 aromatic rings. The number of allylic oxidation sites excluding steroid dienone is 4. The molecule has 0 aliphatic carbocycles. The Morgan fingerprint density at radius 1 is 0.500 bits per heavy atom. The van der Waals surface area contributed by atoms with Gasteiger partial charge in [-0.15, -0.1) is 0 Å². The second kappa shape index (κ2) is 17.9. The van der Waals surface area contributed by atoms with Gasteiger partial charge in [-0.1, -0.05) is 57.1 Å². The van der Waals surface area contributed by atoms with Crippen LogP contribution in [0.2, 0.25) is 0 Å². The Bertz CT molecular complexity index is 233. The number of unbranched alkanes of at least 4 members (excludes halogenated alkanes) is 8. The highest BCUT2D eigenvalue weighted by atomic mass is 14.8. The van der Waals surface area contributed by atoms with Gasteiger partial charge in [-0.25, -0.2) is 0 Å². The Hall–Kier alpha value is -1.06. The Labute approximate surface area is 125 Å². The van der Waals surface area contributed by atoms with Crippen LogP contribution in [0.15, 0.2) is 36.7 Å². The molecule has 0 saturated heterocycles. The van der Waals surface area contributed by atoms with Crippen LogP contribution in [0, 0.1) is 0 Å². The van der Waals surface area contributed by atoms with Gasteiger partial charge in [0.1, 0.15) is 0 Å². The van der Waals surface area contributed by atoms with Gasteiger partial charge < -0.3 is 16.8 Å². The highest BCUT2D eigenvalue weighted by Gasteiger charge is 1.91. The Morgan fingerprint density at radius 2 is 0.850 bits per heavy atom. The highest BCUT2D eigenvalue weighted by molar-refractivity contribution is 5.14. The third-order valence-electron chi connectivity index (χ3n) is 3.13. The van der Waals surface area contributed by atoms with Gasteiger partial charge in [0.2, 0.25) is 0 Å². The zero-order valence-corrected chi connectivity index (χ0v) is 12.9. The third kappa shape index (κ3) is 16.9. The summed E-state index contributed by atoms with van der Waals surface area (Å²) in [5, 5.41) is 2.92. The maximum Gasteiger partial charge on any atom is 0.000442 e. The molecule has 116 valence electrons. The van der Waals surface area contributed by atoms with Crippen molar-refractivity contribution >= 4 is 0 Å². The highest BCUT2D eigenvalue weighted by Crippen LogP contribution is 2.08. The number of nitrogens with one attached hydrogen (secondary N) is 1. The zero-order valence-electron chi connectivity index (χ0n) is 12.9. The first-order valence-corrected chi connectivity index (χ1v) is 8.06. The molecule has 0 atom stereocenters. The normalized spacial score (nSPS) is 12.5.